The van der Waals surface area contributed by atoms with E-state index in [0.29, 0.717) is 5.01 Å². The van der Waals surface area contributed by atoms with Gasteiger partial charge in [-0.25, -0.2) is 14.7 Å². The van der Waals surface area contributed by atoms with Crippen LogP contribution >= 0.6 is 11.3 Å². The van der Waals surface area contributed by atoms with Gasteiger partial charge in [-0.1, -0.05) is 0 Å². The monoisotopic (exact) mass is 246 g/mol. The summed E-state index contributed by atoms with van der Waals surface area (Å²) in [6, 6.07) is 1.84. The number of hydrogen-bond acceptors (Lipinski definition) is 6. The number of hydrogen-bond donors (Lipinski definition) is 2. The van der Waals surface area contributed by atoms with Crippen molar-refractivity contribution in [1.29, 1.82) is 0 Å². The third-order valence-electron chi connectivity index (χ3n) is 2.34. The molecule has 1 aliphatic rings. The highest BCUT2D eigenvalue weighted by Crippen LogP contribution is 2.23. The van der Waals surface area contributed by atoms with Crippen LogP contribution in [0.3, 0.4) is 0 Å². The van der Waals surface area contributed by atoms with Crippen molar-refractivity contribution in [3.05, 3.63) is 41.1 Å². The molecule has 3 N–H and O–H groups in total. The summed E-state index contributed by atoms with van der Waals surface area (Å²) in [4.78, 5) is 8.42. The number of nitrogens with one attached hydrogen (secondary N) is 1. The maximum absolute atomic E-state index is 6.18. The smallest absolute Gasteiger partial charge is 0.237 e. The lowest BCUT2D eigenvalue weighted by Gasteiger charge is -2.28. The van der Waals surface area contributed by atoms with Gasteiger partial charge in [-0.15, -0.1) is 11.3 Å². The second-order valence-corrected chi connectivity index (χ2v) is 4.40. The summed E-state index contributed by atoms with van der Waals surface area (Å²) in [5.41, 5.74) is 6.18. The Morgan fingerprint density at radius 1 is 1.41 bits per heavy atom. The molecule has 3 heterocycles. The maximum Gasteiger partial charge on any atom is 0.237 e. The Morgan fingerprint density at radius 2 is 2.35 bits per heavy atom. The molecular weight excluding hydrogens is 236 g/mol. The van der Waals surface area contributed by atoms with Gasteiger partial charge in [0.05, 0.1) is 0 Å². The fourth-order valence-electron chi connectivity index (χ4n) is 1.56. The summed E-state index contributed by atoms with van der Waals surface area (Å²) in [6.45, 7) is 0. The first-order valence-corrected chi connectivity index (χ1v) is 5.88. The number of allylic oxidation sites excluding steroid dienone is 1. The Kier molecular flexibility index (Phi) is 2.27. The summed E-state index contributed by atoms with van der Waals surface area (Å²) in [6.07, 6.45) is 8.72. The van der Waals surface area contributed by atoms with Gasteiger partial charge in [0, 0.05) is 30.2 Å². The first-order chi connectivity index (χ1) is 8.28. The van der Waals surface area contributed by atoms with Crippen LogP contribution in [0.1, 0.15) is 5.01 Å². The van der Waals surface area contributed by atoms with Gasteiger partial charge in [-0.3, -0.25) is 5.73 Å². The number of aliphatic imine (C=N–C) groups is 1. The Labute approximate surface area is 102 Å². The minimum atomic E-state index is -1.01. The molecule has 86 valence electrons. The number of rotatable bonds is 2. The number of nitrogens with zero attached hydrogens (tertiary/aromatic N) is 4. The second kappa shape index (κ2) is 3.79. The molecule has 2 aromatic rings. The summed E-state index contributed by atoms with van der Waals surface area (Å²) in [5, 5.41) is 9.84. The molecule has 0 spiro atoms. The molecule has 0 saturated heterocycles. The van der Waals surface area contributed by atoms with Crippen molar-refractivity contribution < 1.29 is 0 Å². The third-order valence-corrected chi connectivity index (χ3v) is 3.24. The van der Waals surface area contributed by atoms with Gasteiger partial charge >= 0.3 is 0 Å². The SMILES string of the molecule is NC1(c2nccs2)N=CC=C(n2cccn2)N1. The molecule has 0 fully saturated rings. The Balaban J connectivity index is 1.94. The average molecular weight is 246 g/mol. The zero-order chi connectivity index (χ0) is 11.7. The number of nitrogens with two attached hydrogens (primary N) is 1. The molecule has 7 heteroatoms. The van der Waals surface area contributed by atoms with Crippen LogP contribution in [0.4, 0.5) is 0 Å². The zero-order valence-electron chi connectivity index (χ0n) is 8.82. The lowest BCUT2D eigenvalue weighted by atomic mass is 10.3. The lowest BCUT2D eigenvalue weighted by molar-refractivity contribution is 0.408. The highest BCUT2D eigenvalue weighted by atomic mass is 32.1. The lowest BCUT2D eigenvalue weighted by Crippen LogP contribution is -2.50. The van der Waals surface area contributed by atoms with Crippen LogP contribution in [0.15, 0.2) is 41.1 Å². The molecule has 0 amide bonds. The Morgan fingerprint density at radius 3 is 3.06 bits per heavy atom. The predicted octanol–water partition coefficient (Wildman–Crippen LogP) is 0.581. The average Bonchev–Trinajstić information content (AvgIpc) is 3.03. The summed E-state index contributed by atoms with van der Waals surface area (Å²) >= 11 is 1.46. The molecule has 17 heavy (non-hydrogen) atoms. The molecule has 0 aliphatic carbocycles. The van der Waals surface area contributed by atoms with Crippen molar-refractivity contribution >= 4 is 23.4 Å². The minimum absolute atomic E-state index is 0.714. The molecule has 2 aromatic heterocycles. The van der Waals surface area contributed by atoms with Crippen LogP contribution in [-0.4, -0.2) is 21.0 Å². The van der Waals surface area contributed by atoms with Gasteiger partial charge in [0.25, 0.3) is 0 Å². The van der Waals surface area contributed by atoms with Crippen molar-refractivity contribution in [3.8, 4) is 0 Å². The van der Waals surface area contributed by atoms with Crippen molar-refractivity contribution in [2.75, 3.05) is 0 Å². The third kappa shape index (κ3) is 1.75. The van der Waals surface area contributed by atoms with Crippen LogP contribution in [0.5, 0.6) is 0 Å². The van der Waals surface area contributed by atoms with Crippen LogP contribution in [0.2, 0.25) is 0 Å². The van der Waals surface area contributed by atoms with E-state index in [1.165, 1.54) is 11.3 Å². The van der Waals surface area contributed by atoms with Crippen LogP contribution in [0, 0.1) is 0 Å². The van der Waals surface area contributed by atoms with Gasteiger partial charge in [-0.05, 0) is 12.1 Å². The van der Waals surface area contributed by atoms with Gasteiger partial charge in [0.1, 0.15) is 5.82 Å². The Hall–Kier alpha value is -1.99. The summed E-state index contributed by atoms with van der Waals surface area (Å²) < 4.78 is 1.69. The molecule has 0 bridgehead atoms. The molecule has 1 aliphatic heterocycles. The van der Waals surface area contributed by atoms with E-state index in [2.05, 4.69) is 20.4 Å². The van der Waals surface area contributed by atoms with Crippen molar-refractivity contribution in [2.24, 2.45) is 10.7 Å². The van der Waals surface area contributed by atoms with E-state index >= 15 is 0 Å². The van der Waals surface area contributed by atoms with Crippen LogP contribution in [-0.2, 0) is 5.79 Å². The van der Waals surface area contributed by atoms with Gasteiger partial charge < -0.3 is 5.32 Å². The molecule has 3 rings (SSSR count). The maximum atomic E-state index is 6.18. The molecule has 0 saturated carbocycles. The topological polar surface area (TPSA) is 81.1 Å². The summed E-state index contributed by atoms with van der Waals surface area (Å²) in [7, 11) is 0. The number of aromatic nitrogens is 3. The molecule has 6 nitrogen and oxygen atoms in total. The highest BCUT2D eigenvalue weighted by molar-refractivity contribution is 7.09. The van der Waals surface area contributed by atoms with Gasteiger partial charge in [-0.2, -0.15) is 5.10 Å². The van der Waals surface area contributed by atoms with E-state index in [4.69, 9.17) is 5.73 Å². The van der Waals surface area contributed by atoms with E-state index in [1.54, 1.807) is 23.3 Å². The summed E-state index contributed by atoms with van der Waals surface area (Å²) in [5.74, 6) is -0.243. The molecular formula is C10H10N6S. The minimum Gasteiger partial charge on any atom is -0.328 e. The second-order valence-electron chi connectivity index (χ2n) is 3.51. The van der Waals surface area contributed by atoms with Gasteiger partial charge in [0.15, 0.2) is 5.01 Å². The van der Waals surface area contributed by atoms with E-state index in [-0.39, 0.29) is 0 Å². The van der Waals surface area contributed by atoms with E-state index < -0.39 is 5.79 Å². The standard InChI is InChI=1S/C10H10N6S/c11-10(9-12-5-7-17-9)13-4-2-8(15-10)16-6-1-3-14-16/h1-7,15H,11H2. The van der Waals surface area contributed by atoms with Gasteiger partial charge in [0.2, 0.25) is 5.79 Å². The van der Waals surface area contributed by atoms with Crippen molar-refractivity contribution in [2.45, 2.75) is 5.79 Å². The number of thiazole rings is 1. The van der Waals surface area contributed by atoms with Crippen molar-refractivity contribution in [1.82, 2.24) is 20.1 Å². The largest absolute Gasteiger partial charge is 0.328 e. The van der Waals surface area contributed by atoms with E-state index in [1.807, 2.05) is 23.7 Å². The van der Waals surface area contributed by atoms with Crippen molar-refractivity contribution in [3.63, 3.8) is 0 Å². The fourth-order valence-corrected chi connectivity index (χ4v) is 2.22. The molecule has 0 aromatic carbocycles. The normalized spacial score (nSPS) is 23.2. The van der Waals surface area contributed by atoms with E-state index in [0.717, 1.165) is 5.82 Å². The zero-order valence-corrected chi connectivity index (χ0v) is 9.63. The quantitative estimate of drug-likeness (QED) is 0.812. The first kappa shape index (κ1) is 10.2. The van der Waals surface area contributed by atoms with Crippen LogP contribution < -0.4 is 11.1 Å². The predicted molar refractivity (Wildman–Crippen MR) is 66.1 cm³/mol. The molecule has 0 radical (unpaired) electrons. The molecule has 1 atom stereocenters. The fraction of sp³-hybridized carbons (Fsp3) is 0.100. The highest BCUT2D eigenvalue weighted by Gasteiger charge is 2.31. The molecule has 1 unspecified atom stereocenters. The Bertz CT molecular complexity index is 556. The van der Waals surface area contributed by atoms with E-state index in [9.17, 15) is 0 Å². The first-order valence-electron chi connectivity index (χ1n) is 5.00. The van der Waals surface area contributed by atoms with Crippen LogP contribution in [0.25, 0.3) is 5.82 Å².